The van der Waals surface area contributed by atoms with Crippen molar-refractivity contribution in [2.24, 2.45) is 0 Å². The molecule has 0 atom stereocenters. The van der Waals surface area contributed by atoms with Crippen LogP contribution >= 0.6 is 11.3 Å². The van der Waals surface area contributed by atoms with Gasteiger partial charge >= 0.3 is 0 Å². The van der Waals surface area contributed by atoms with Gasteiger partial charge in [-0.05, 0) is 53.3 Å². The smallest absolute Gasteiger partial charge is 0.246 e. The van der Waals surface area contributed by atoms with Gasteiger partial charge in [-0.2, -0.15) is 15.0 Å². The van der Waals surface area contributed by atoms with E-state index < -0.39 is 0 Å². The van der Waals surface area contributed by atoms with E-state index in [1.54, 1.807) is 0 Å². The molecular weight excluding hydrogens is 434 g/mol. The van der Waals surface area contributed by atoms with E-state index >= 15 is 0 Å². The van der Waals surface area contributed by atoms with Crippen LogP contribution in [0.5, 0.6) is 5.75 Å². The molecule has 8 heteroatoms. The second kappa shape index (κ2) is 8.61. The Morgan fingerprint density at radius 1 is 1.00 bits per heavy atom. The minimum Gasteiger partial charge on any atom is -0.491 e. The van der Waals surface area contributed by atoms with Gasteiger partial charge in [-0.25, -0.2) is 0 Å². The van der Waals surface area contributed by atoms with E-state index in [4.69, 9.17) is 4.74 Å². The Balaban J connectivity index is 1.15. The number of aromatic nitrogens is 3. The molecule has 0 saturated heterocycles. The summed E-state index contributed by atoms with van der Waals surface area (Å²) in [5.74, 6) is 0.869. The van der Waals surface area contributed by atoms with Crippen molar-refractivity contribution in [3.63, 3.8) is 0 Å². The normalized spacial score (nSPS) is 16.2. The Labute approximate surface area is 196 Å². The summed E-state index contributed by atoms with van der Waals surface area (Å²) in [6.07, 6.45) is 1.12. The lowest BCUT2D eigenvalue weighted by molar-refractivity contribution is -0.133. The van der Waals surface area contributed by atoms with E-state index in [0.717, 1.165) is 48.4 Å². The summed E-state index contributed by atoms with van der Waals surface area (Å²) >= 11 is 1.87. The van der Waals surface area contributed by atoms with Crippen LogP contribution in [0.2, 0.25) is 0 Å². The highest BCUT2D eigenvalue weighted by Crippen LogP contribution is 2.28. The van der Waals surface area contributed by atoms with Crippen LogP contribution in [0.25, 0.3) is 11.0 Å². The number of hydrogen-bond donors (Lipinski definition) is 0. The van der Waals surface area contributed by atoms with Crippen molar-refractivity contribution in [2.45, 2.75) is 32.6 Å². The molecule has 168 valence electrons. The first-order valence-corrected chi connectivity index (χ1v) is 12.2. The molecular formula is C25H25N5O2S. The molecule has 0 unspecified atom stereocenters. The van der Waals surface area contributed by atoms with E-state index in [9.17, 15) is 4.79 Å². The fourth-order valence-corrected chi connectivity index (χ4v) is 5.54. The maximum absolute atomic E-state index is 13.1. The highest BCUT2D eigenvalue weighted by molar-refractivity contribution is 7.10. The number of benzene rings is 2. The zero-order chi connectivity index (χ0) is 22.2. The minimum atomic E-state index is -0.00169. The van der Waals surface area contributed by atoms with Crippen molar-refractivity contribution in [2.75, 3.05) is 19.7 Å². The molecule has 0 fully saturated rings. The van der Waals surface area contributed by atoms with Crippen molar-refractivity contribution < 1.29 is 9.53 Å². The second-order valence-corrected chi connectivity index (χ2v) is 9.66. The molecule has 7 nitrogen and oxygen atoms in total. The summed E-state index contributed by atoms with van der Waals surface area (Å²) in [6.45, 7) is 4.69. The van der Waals surface area contributed by atoms with Crippen molar-refractivity contribution in [3.8, 4) is 5.75 Å². The lowest BCUT2D eigenvalue weighted by atomic mass is 10.1. The quantitative estimate of drug-likeness (QED) is 0.468. The van der Waals surface area contributed by atoms with Gasteiger partial charge in [-0.3, -0.25) is 9.69 Å². The summed E-state index contributed by atoms with van der Waals surface area (Å²) in [6, 6.07) is 16.3. The Morgan fingerprint density at radius 2 is 1.85 bits per heavy atom. The number of fused-ring (bicyclic) bond motifs is 3. The van der Waals surface area contributed by atoms with Gasteiger partial charge in [-0.15, -0.1) is 11.3 Å². The van der Waals surface area contributed by atoms with Crippen molar-refractivity contribution >= 4 is 28.3 Å². The van der Waals surface area contributed by atoms with E-state index in [0.29, 0.717) is 19.7 Å². The number of carbonyl (C=O) groups is 1. The fourth-order valence-electron chi connectivity index (χ4n) is 4.65. The third-order valence-electron chi connectivity index (χ3n) is 6.36. The molecule has 0 aliphatic carbocycles. The number of hydrogen-bond acceptors (Lipinski definition) is 6. The third-order valence-corrected chi connectivity index (χ3v) is 7.38. The molecule has 2 aromatic heterocycles. The summed E-state index contributed by atoms with van der Waals surface area (Å²) < 4.78 is 5.96. The van der Waals surface area contributed by atoms with Crippen LogP contribution in [-0.4, -0.2) is 50.4 Å². The molecule has 2 aromatic carbocycles. The molecule has 4 aromatic rings. The molecule has 1 amide bonds. The first-order valence-electron chi connectivity index (χ1n) is 11.3. The number of ether oxygens (including phenoxy) is 1. The van der Waals surface area contributed by atoms with Gasteiger partial charge in [-0.1, -0.05) is 18.2 Å². The van der Waals surface area contributed by atoms with Gasteiger partial charge in [0.05, 0.1) is 6.54 Å². The number of rotatable bonds is 4. The van der Waals surface area contributed by atoms with Gasteiger partial charge in [0, 0.05) is 36.6 Å². The zero-order valence-electron chi connectivity index (χ0n) is 18.3. The monoisotopic (exact) mass is 459 g/mol. The first-order chi connectivity index (χ1) is 16.2. The maximum atomic E-state index is 13.1. The van der Waals surface area contributed by atoms with Crippen LogP contribution in [0, 0.1) is 0 Å². The summed E-state index contributed by atoms with van der Waals surface area (Å²) in [5.41, 5.74) is 5.37. The van der Waals surface area contributed by atoms with Crippen molar-refractivity contribution in [1.82, 2.24) is 24.8 Å². The Hall–Kier alpha value is -3.23. The highest BCUT2D eigenvalue weighted by Gasteiger charge is 2.22. The van der Waals surface area contributed by atoms with Crippen molar-refractivity contribution in [1.29, 1.82) is 0 Å². The van der Waals surface area contributed by atoms with Crippen LogP contribution in [0.15, 0.2) is 53.9 Å². The molecule has 33 heavy (non-hydrogen) atoms. The number of nitrogens with zero attached hydrogens (tertiary/aromatic N) is 5. The summed E-state index contributed by atoms with van der Waals surface area (Å²) in [7, 11) is 0. The van der Waals surface area contributed by atoms with E-state index in [1.165, 1.54) is 20.8 Å². The molecule has 0 N–H and O–H groups in total. The van der Waals surface area contributed by atoms with Gasteiger partial charge in [0.1, 0.15) is 29.9 Å². The van der Waals surface area contributed by atoms with E-state index in [1.807, 2.05) is 40.5 Å². The first kappa shape index (κ1) is 20.4. The van der Waals surface area contributed by atoms with Crippen LogP contribution in [0.1, 0.15) is 21.6 Å². The maximum Gasteiger partial charge on any atom is 0.246 e. The SMILES string of the molecule is O=C(Cn1nc2ccccc2n1)N1CCOc2ccc(CN3CCc4sccc4C3)cc2C1. The predicted octanol–water partition coefficient (Wildman–Crippen LogP) is 3.47. The topological polar surface area (TPSA) is 63.5 Å². The Morgan fingerprint density at radius 3 is 2.70 bits per heavy atom. The molecule has 0 spiro atoms. The predicted molar refractivity (Wildman–Crippen MR) is 127 cm³/mol. The summed E-state index contributed by atoms with van der Waals surface area (Å²) in [5, 5.41) is 11.1. The molecule has 0 bridgehead atoms. The average molecular weight is 460 g/mol. The third kappa shape index (κ3) is 4.24. The molecule has 0 saturated carbocycles. The molecule has 6 rings (SSSR count). The number of thiophene rings is 1. The van der Waals surface area contributed by atoms with Crippen LogP contribution in [-0.2, 0) is 37.4 Å². The number of amides is 1. The van der Waals surface area contributed by atoms with Crippen LogP contribution in [0.4, 0.5) is 0 Å². The average Bonchev–Trinajstić information content (AvgIpc) is 3.39. The zero-order valence-corrected chi connectivity index (χ0v) is 19.1. The molecule has 2 aliphatic heterocycles. The lowest BCUT2D eigenvalue weighted by Crippen LogP contribution is -2.35. The van der Waals surface area contributed by atoms with Gasteiger partial charge in [0.15, 0.2) is 0 Å². The van der Waals surface area contributed by atoms with E-state index in [-0.39, 0.29) is 12.5 Å². The Bertz CT molecular complexity index is 1280. The standard InChI is InChI=1S/C25H25N5O2S/c31-25(17-30-26-21-3-1-2-4-22(21)27-30)29-10-11-32-23-6-5-18(13-20(23)16-29)14-28-9-7-24-19(15-28)8-12-33-24/h1-6,8,12-13H,7,9-11,14-17H2. The fraction of sp³-hybridized carbons (Fsp3) is 0.320. The second-order valence-electron chi connectivity index (χ2n) is 8.65. The van der Waals surface area contributed by atoms with Gasteiger partial charge in [0.25, 0.3) is 0 Å². The van der Waals surface area contributed by atoms with Gasteiger partial charge in [0.2, 0.25) is 5.91 Å². The molecule has 4 heterocycles. The highest BCUT2D eigenvalue weighted by atomic mass is 32.1. The van der Waals surface area contributed by atoms with Crippen LogP contribution in [0.3, 0.4) is 0 Å². The Kier molecular flexibility index (Phi) is 5.32. The molecule has 0 radical (unpaired) electrons. The van der Waals surface area contributed by atoms with E-state index in [2.05, 4.69) is 44.7 Å². The minimum absolute atomic E-state index is 0.00169. The van der Waals surface area contributed by atoms with Crippen LogP contribution < -0.4 is 4.74 Å². The van der Waals surface area contributed by atoms with Gasteiger partial charge < -0.3 is 9.64 Å². The summed E-state index contributed by atoms with van der Waals surface area (Å²) in [4.78, 5) is 20.4. The van der Waals surface area contributed by atoms with Crippen molar-refractivity contribution in [3.05, 3.63) is 75.5 Å². The lowest BCUT2D eigenvalue weighted by Gasteiger charge is -2.27. The number of carbonyl (C=O) groups excluding carboxylic acids is 1. The largest absolute Gasteiger partial charge is 0.491 e. The molecule has 2 aliphatic rings.